The molecule has 1 aliphatic carbocycles. The van der Waals surface area contributed by atoms with Crippen LogP contribution in [-0.2, 0) is 4.74 Å². The minimum Gasteiger partial charge on any atom is -0.477 e. The number of aromatic nitrogens is 1. The van der Waals surface area contributed by atoms with Gasteiger partial charge in [-0.05, 0) is 57.4 Å². The van der Waals surface area contributed by atoms with Gasteiger partial charge >= 0.3 is 12.1 Å². The molecule has 2 aromatic carbocycles. The molecule has 1 saturated heterocycles. The van der Waals surface area contributed by atoms with Crippen LogP contribution in [0.25, 0.3) is 10.9 Å². The zero-order valence-electron chi connectivity index (χ0n) is 22.5. The molecule has 5 rings (SSSR count). The highest BCUT2D eigenvalue weighted by Crippen LogP contribution is 2.42. The van der Waals surface area contributed by atoms with Crippen LogP contribution in [0.1, 0.15) is 61.5 Å². The van der Waals surface area contributed by atoms with E-state index in [9.17, 15) is 19.5 Å². The number of nitrogens with two attached hydrogens (primary N) is 1. The topological polar surface area (TPSA) is 127 Å². The molecule has 40 heavy (non-hydrogen) atoms. The molecule has 1 aromatic heterocycles. The van der Waals surface area contributed by atoms with E-state index in [1.807, 2.05) is 12.1 Å². The number of carbonyl (C=O) groups is 2. The van der Waals surface area contributed by atoms with Gasteiger partial charge in [0.25, 0.3) is 0 Å². The molecule has 0 spiro atoms. The van der Waals surface area contributed by atoms with Gasteiger partial charge in [-0.3, -0.25) is 4.79 Å². The Kier molecular flexibility index (Phi) is 6.93. The van der Waals surface area contributed by atoms with E-state index in [1.54, 1.807) is 37.8 Å². The van der Waals surface area contributed by atoms with E-state index < -0.39 is 40.3 Å². The van der Waals surface area contributed by atoms with Gasteiger partial charge in [0.2, 0.25) is 5.43 Å². The average molecular weight is 555 g/mol. The molecule has 4 N–H and O–H groups in total. The fraction of sp³-hybridized carbons (Fsp3) is 0.414. The van der Waals surface area contributed by atoms with Gasteiger partial charge in [0.15, 0.2) is 5.82 Å². The van der Waals surface area contributed by atoms with Gasteiger partial charge in [-0.2, -0.15) is 0 Å². The molecule has 0 radical (unpaired) electrons. The Bertz CT molecular complexity index is 1540. The molecule has 212 valence electrons. The Morgan fingerprint density at radius 3 is 2.42 bits per heavy atom. The second kappa shape index (κ2) is 10.1. The summed E-state index contributed by atoms with van der Waals surface area (Å²) in [7, 11) is 0. The number of nitrogen functional groups attached to an aromatic ring is 1. The third-order valence-corrected chi connectivity index (χ3v) is 7.38. The predicted octanol–water partition coefficient (Wildman–Crippen LogP) is 4.64. The van der Waals surface area contributed by atoms with Gasteiger partial charge in [0.1, 0.15) is 22.7 Å². The first kappa shape index (κ1) is 27.4. The van der Waals surface area contributed by atoms with Crippen molar-refractivity contribution in [1.29, 1.82) is 0 Å². The Morgan fingerprint density at radius 2 is 1.82 bits per heavy atom. The number of hydrogen-bond donors (Lipinski definition) is 3. The van der Waals surface area contributed by atoms with E-state index in [-0.39, 0.29) is 54.1 Å². The predicted molar refractivity (Wildman–Crippen MR) is 147 cm³/mol. The quantitative estimate of drug-likeness (QED) is 0.379. The zero-order chi connectivity index (χ0) is 28.9. The molecule has 9 nitrogen and oxygen atoms in total. The van der Waals surface area contributed by atoms with E-state index in [4.69, 9.17) is 10.5 Å². The molecule has 2 atom stereocenters. The molecule has 1 amide bonds. The van der Waals surface area contributed by atoms with E-state index in [1.165, 1.54) is 4.57 Å². The first-order valence-electron chi connectivity index (χ1n) is 13.2. The molecule has 2 aliphatic rings. The highest BCUT2D eigenvalue weighted by atomic mass is 19.1. The minimum atomic E-state index is -1.45. The van der Waals surface area contributed by atoms with Gasteiger partial charge in [0.05, 0.1) is 10.9 Å². The van der Waals surface area contributed by atoms with Crippen LogP contribution in [0.3, 0.4) is 0 Å². The molecule has 0 bridgehead atoms. The van der Waals surface area contributed by atoms with Crippen LogP contribution in [0, 0.1) is 17.6 Å². The number of carboxylic acid groups (broad SMARTS) is 1. The number of nitrogens with one attached hydrogen (secondary N) is 1. The molecule has 2 fully saturated rings. The lowest BCUT2D eigenvalue weighted by Gasteiger charge is -2.23. The second-order valence-corrected chi connectivity index (χ2v) is 11.6. The lowest BCUT2D eigenvalue weighted by Crippen LogP contribution is -2.37. The standard InChI is InChI=1S/C29H32F2N4O5/c1-29(2,3)40-28(39)33-11-16-12-34(13-20(16)15-4-6-17(32)7-5-15)25-22(30)10-19-24(23(25)31)35(18-8-9-18)14-21(26(19)36)27(37)38/h4-7,10,14,16,18,20H,8-9,11-13,32H2,1-3H3,(H,33,39)(H,37,38)/t16-,20+/m1/s1. The van der Waals surface area contributed by atoms with Crippen molar-refractivity contribution in [2.24, 2.45) is 5.92 Å². The average Bonchev–Trinajstić information content (AvgIpc) is 3.62. The first-order valence-corrected chi connectivity index (χ1v) is 13.2. The number of benzene rings is 2. The van der Waals surface area contributed by atoms with Gasteiger partial charge in [0, 0.05) is 49.4 Å². The third kappa shape index (κ3) is 5.32. The number of ether oxygens (including phenoxy) is 1. The number of nitrogens with zero attached hydrogens (tertiary/aromatic N) is 2. The molecule has 1 saturated carbocycles. The second-order valence-electron chi connectivity index (χ2n) is 11.6. The van der Waals surface area contributed by atoms with Crippen LogP contribution in [0.15, 0.2) is 41.3 Å². The number of alkyl carbamates (subject to hydrolysis) is 1. The SMILES string of the molecule is CC(C)(C)OC(=O)NC[C@@H]1CN(c2c(F)cc3c(=O)c(C(=O)O)cn(C4CC4)c3c2F)C[C@H]1c1ccc(N)cc1. The van der Waals surface area contributed by atoms with Crippen molar-refractivity contribution in [3.63, 3.8) is 0 Å². The number of carboxylic acids is 1. The smallest absolute Gasteiger partial charge is 0.407 e. The summed E-state index contributed by atoms with van der Waals surface area (Å²) < 4.78 is 38.7. The Hall–Kier alpha value is -4.15. The van der Waals surface area contributed by atoms with E-state index in [0.29, 0.717) is 18.5 Å². The molecule has 0 unspecified atom stereocenters. The van der Waals surface area contributed by atoms with Gasteiger partial charge < -0.3 is 30.4 Å². The molecule has 3 aromatic rings. The zero-order valence-corrected chi connectivity index (χ0v) is 22.5. The molecule has 2 heterocycles. The van der Waals surface area contributed by atoms with E-state index >= 15 is 8.78 Å². The number of anilines is 2. The summed E-state index contributed by atoms with van der Waals surface area (Å²) in [4.78, 5) is 38.5. The van der Waals surface area contributed by atoms with Gasteiger partial charge in [-0.1, -0.05) is 12.1 Å². The molecular formula is C29H32F2N4O5. The number of hydrogen-bond acceptors (Lipinski definition) is 6. The maximum Gasteiger partial charge on any atom is 0.407 e. The van der Waals surface area contributed by atoms with Crippen molar-refractivity contribution >= 4 is 34.3 Å². The summed E-state index contributed by atoms with van der Waals surface area (Å²) in [6.07, 6.45) is 1.96. The lowest BCUT2D eigenvalue weighted by molar-refractivity contribution is 0.0518. The summed E-state index contributed by atoms with van der Waals surface area (Å²) in [6.45, 7) is 5.93. The van der Waals surface area contributed by atoms with Crippen molar-refractivity contribution in [3.05, 3.63) is 69.5 Å². The van der Waals surface area contributed by atoms with Crippen LogP contribution in [0.4, 0.5) is 25.0 Å². The fourth-order valence-electron chi connectivity index (χ4n) is 5.42. The number of amides is 1. The molecule has 11 heteroatoms. The molecule has 1 aliphatic heterocycles. The first-order chi connectivity index (χ1) is 18.8. The normalized spacial score (nSPS) is 19.2. The van der Waals surface area contributed by atoms with Gasteiger partial charge in [-0.25, -0.2) is 18.4 Å². The number of fused-ring (bicyclic) bond motifs is 1. The van der Waals surface area contributed by atoms with E-state index in [0.717, 1.165) is 17.8 Å². The van der Waals surface area contributed by atoms with Crippen molar-refractivity contribution in [3.8, 4) is 0 Å². The number of rotatable bonds is 6. The molecular weight excluding hydrogens is 522 g/mol. The van der Waals surface area contributed by atoms with Crippen molar-refractivity contribution in [1.82, 2.24) is 9.88 Å². The summed E-state index contributed by atoms with van der Waals surface area (Å²) in [6, 6.07) is 7.99. The number of aromatic carboxylic acids is 1. The Balaban J connectivity index is 1.54. The monoisotopic (exact) mass is 554 g/mol. The van der Waals surface area contributed by atoms with Crippen LogP contribution in [0.2, 0.25) is 0 Å². The van der Waals surface area contributed by atoms with Crippen molar-refractivity contribution in [2.75, 3.05) is 30.3 Å². The lowest BCUT2D eigenvalue weighted by atomic mass is 9.89. The van der Waals surface area contributed by atoms with E-state index in [2.05, 4.69) is 5.32 Å². The fourth-order valence-corrected chi connectivity index (χ4v) is 5.42. The van der Waals surface area contributed by atoms with Crippen LogP contribution in [-0.4, -0.2) is 47.0 Å². The number of pyridine rings is 1. The minimum absolute atomic E-state index is 0.103. The number of carbonyl (C=O) groups excluding carboxylic acids is 1. The van der Waals surface area contributed by atoms with Crippen molar-refractivity contribution in [2.45, 2.75) is 51.2 Å². The Labute approximate surface area is 229 Å². The largest absolute Gasteiger partial charge is 0.477 e. The summed E-state index contributed by atoms with van der Waals surface area (Å²) in [5, 5.41) is 12.0. The summed E-state index contributed by atoms with van der Waals surface area (Å²) in [5.41, 5.74) is 4.82. The Morgan fingerprint density at radius 1 is 1.15 bits per heavy atom. The van der Waals surface area contributed by atoms with Crippen LogP contribution in [0.5, 0.6) is 0 Å². The maximum absolute atomic E-state index is 16.3. The van der Waals surface area contributed by atoms with Crippen molar-refractivity contribution < 1.29 is 28.2 Å². The van der Waals surface area contributed by atoms with Crippen LogP contribution < -0.4 is 21.4 Å². The maximum atomic E-state index is 16.3. The van der Waals surface area contributed by atoms with Crippen LogP contribution >= 0.6 is 0 Å². The summed E-state index contributed by atoms with van der Waals surface area (Å²) >= 11 is 0. The highest BCUT2D eigenvalue weighted by molar-refractivity contribution is 5.94. The third-order valence-electron chi connectivity index (χ3n) is 7.38. The number of halogens is 2. The highest BCUT2D eigenvalue weighted by Gasteiger charge is 2.38. The van der Waals surface area contributed by atoms with Gasteiger partial charge in [-0.15, -0.1) is 0 Å². The summed E-state index contributed by atoms with van der Waals surface area (Å²) in [5.74, 6) is -3.75.